The molecule has 25 heavy (non-hydrogen) atoms. The van der Waals surface area contributed by atoms with Crippen molar-refractivity contribution in [3.05, 3.63) is 12.1 Å². The lowest BCUT2D eigenvalue weighted by Crippen LogP contribution is -2.47. The first-order valence-electron chi connectivity index (χ1n) is 7.84. The summed E-state index contributed by atoms with van der Waals surface area (Å²) in [4.78, 5) is 11.4. The molecule has 3 rings (SSSR count). The van der Waals surface area contributed by atoms with E-state index in [0.717, 1.165) is 19.3 Å². The monoisotopic (exact) mass is 391 g/mol. The quantitative estimate of drug-likeness (QED) is 0.790. The lowest BCUT2D eigenvalue weighted by Gasteiger charge is -2.34. The van der Waals surface area contributed by atoms with Crippen LogP contribution in [-0.4, -0.2) is 51.5 Å². The molecular weight excluding hydrogens is 370 g/mol. The number of ether oxygens (including phenoxy) is 2. The van der Waals surface area contributed by atoms with Gasteiger partial charge in [-0.25, -0.2) is 8.42 Å². The lowest BCUT2D eigenvalue weighted by molar-refractivity contribution is -0.118. The van der Waals surface area contributed by atoms with Crippen molar-refractivity contribution in [1.82, 2.24) is 4.31 Å². The van der Waals surface area contributed by atoms with Gasteiger partial charge in [-0.1, -0.05) is 6.42 Å². The minimum atomic E-state index is -3.78. The smallest absolute Gasteiger partial charge is 0.262 e. The molecule has 3 N–H and O–H groups in total. The Hall–Kier alpha value is -1.55. The van der Waals surface area contributed by atoms with Crippen LogP contribution in [0.4, 0.5) is 5.69 Å². The standard InChI is InChI=1S/C15H21N3O5S.ClH/c1-22-13-6-11-12(23-9-15(19)17-11)7-14(13)24(20,21)18-5-3-2-4-10(18)8-16;/h6-7,10H,2-5,8-9,16H2,1H3,(H,17,19);1H. The number of nitrogens with two attached hydrogens (primary N) is 1. The van der Waals surface area contributed by atoms with E-state index < -0.39 is 10.0 Å². The molecule has 0 saturated carbocycles. The van der Waals surface area contributed by atoms with Gasteiger partial charge >= 0.3 is 0 Å². The Morgan fingerprint density at radius 2 is 2.16 bits per heavy atom. The number of halogens is 1. The lowest BCUT2D eigenvalue weighted by atomic mass is 10.1. The van der Waals surface area contributed by atoms with Crippen LogP contribution in [0.3, 0.4) is 0 Å². The fourth-order valence-electron chi connectivity index (χ4n) is 3.10. The zero-order chi connectivity index (χ0) is 17.3. The zero-order valence-corrected chi connectivity index (χ0v) is 15.5. The van der Waals surface area contributed by atoms with E-state index in [9.17, 15) is 13.2 Å². The number of amides is 1. The van der Waals surface area contributed by atoms with Crippen LogP contribution in [-0.2, 0) is 14.8 Å². The number of anilines is 1. The summed E-state index contributed by atoms with van der Waals surface area (Å²) in [6, 6.07) is 2.66. The van der Waals surface area contributed by atoms with Crippen molar-refractivity contribution >= 4 is 34.0 Å². The molecule has 2 heterocycles. The summed E-state index contributed by atoms with van der Waals surface area (Å²) < 4.78 is 38.3. The number of fused-ring (bicyclic) bond motifs is 1. The Balaban J connectivity index is 0.00000225. The second kappa shape index (κ2) is 7.77. The topological polar surface area (TPSA) is 111 Å². The van der Waals surface area contributed by atoms with Crippen LogP contribution in [0.15, 0.2) is 17.0 Å². The summed E-state index contributed by atoms with van der Waals surface area (Å²) in [6.45, 7) is 0.565. The van der Waals surface area contributed by atoms with Gasteiger partial charge in [0.1, 0.15) is 16.4 Å². The molecule has 1 fully saturated rings. The van der Waals surface area contributed by atoms with Gasteiger partial charge in [-0.15, -0.1) is 12.4 Å². The molecule has 1 aromatic rings. The van der Waals surface area contributed by atoms with Gasteiger partial charge < -0.3 is 20.5 Å². The number of hydrogen-bond donors (Lipinski definition) is 2. The number of nitrogens with zero attached hydrogens (tertiary/aromatic N) is 1. The highest BCUT2D eigenvalue weighted by atomic mass is 35.5. The Morgan fingerprint density at radius 3 is 2.84 bits per heavy atom. The molecule has 1 atom stereocenters. The molecular formula is C15H22ClN3O5S. The Bertz CT molecular complexity index is 756. The fourth-order valence-corrected chi connectivity index (χ4v) is 4.96. The van der Waals surface area contributed by atoms with Gasteiger partial charge in [0.25, 0.3) is 5.91 Å². The molecule has 1 aromatic carbocycles. The van der Waals surface area contributed by atoms with E-state index in [0.29, 0.717) is 18.0 Å². The SMILES string of the molecule is COc1cc2c(cc1S(=O)(=O)N1CCCCC1CN)OCC(=O)N2.Cl. The zero-order valence-electron chi connectivity index (χ0n) is 13.9. The number of sulfonamides is 1. The Kier molecular flexibility index (Phi) is 6.15. The summed E-state index contributed by atoms with van der Waals surface area (Å²) in [5, 5.41) is 2.64. The van der Waals surface area contributed by atoms with Crippen molar-refractivity contribution in [3.63, 3.8) is 0 Å². The molecule has 0 bridgehead atoms. The highest BCUT2D eigenvalue weighted by molar-refractivity contribution is 7.89. The van der Waals surface area contributed by atoms with Crippen molar-refractivity contribution < 1.29 is 22.7 Å². The number of carbonyl (C=O) groups excluding carboxylic acids is 1. The van der Waals surface area contributed by atoms with Crippen LogP contribution in [0.25, 0.3) is 0 Å². The van der Waals surface area contributed by atoms with Crippen molar-refractivity contribution in [1.29, 1.82) is 0 Å². The van der Waals surface area contributed by atoms with Crippen molar-refractivity contribution in [2.24, 2.45) is 5.73 Å². The van der Waals surface area contributed by atoms with E-state index in [1.54, 1.807) is 0 Å². The fraction of sp³-hybridized carbons (Fsp3) is 0.533. The molecule has 0 radical (unpaired) electrons. The predicted molar refractivity (Wildman–Crippen MR) is 95.0 cm³/mol. The third kappa shape index (κ3) is 3.69. The Labute approximate surface area is 153 Å². The molecule has 1 saturated heterocycles. The number of benzene rings is 1. The normalized spacial score (nSPS) is 20.7. The number of methoxy groups -OCH3 is 1. The summed E-state index contributed by atoms with van der Waals surface area (Å²) in [6.07, 6.45) is 2.51. The minimum absolute atomic E-state index is 0. The van der Waals surface area contributed by atoms with Gasteiger partial charge in [0.05, 0.1) is 12.8 Å². The molecule has 10 heteroatoms. The van der Waals surface area contributed by atoms with Crippen molar-refractivity contribution in [2.75, 3.05) is 32.1 Å². The van der Waals surface area contributed by atoms with Gasteiger partial charge in [0.15, 0.2) is 6.61 Å². The van der Waals surface area contributed by atoms with Crippen LogP contribution in [0.1, 0.15) is 19.3 Å². The average molecular weight is 392 g/mol. The highest BCUT2D eigenvalue weighted by Gasteiger charge is 2.36. The van der Waals surface area contributed by atoms with Crippen LogP contribution in [0.5, 0.6) is 11.5 Å². The molecule has 0 aromatic heterocycles. The first kappa shape index (κ1) is 19.8. The van der Waals surface area contributed by atoms with E-state index in [4.69, 9.17) is 15.2 Å². The number of nitrogens with one attached hydrogen (secondary N) is 1. The number of rotatable bonds is 4. The van der Waals surface area contributed by atoms with E-state index in [1.807, 2.05) is 0 Å². The van der Waals surface area contributed by atoms with E-state index in [-0.39, 0.29) is 48.2 Å². The van der Waals surface area contributed by atoms with Gasteiger partial charge in [-0.2, -0.15) is 4.31 Å². The molecule has 8 nitrogen and oxygen atoms in total. The van der Waals surface area contributed by atoms with Crippen LogP contribution < -0.4 is 20.5 Å². The third-order valence-electron chi connectivity index (χ3n) is 4.33. The van der Waals surface area contributed by atoms with Gasteiger partial charge in [-0.3, -0.25) is 4.79 Å². The highest BCUT2D eigenvalue weighted by Crippen LogP contribution is 2.39. The summed E-state index contributed by atoms with van der Waals surface area (Å²) >= 11 is 0. The van der Waals surface area contributed by atoms with Crippen molar-refractivity contribution in [3.8, 4) is 11.5 Å². The maximum atomic E-state index is 13.1. The molecule has 140 valence electrons. The summed E-state index contributed by atoms with van der Waals surface area (Å²) in [5.41, 5.74) is 6.15. The average Bonchev–Trinajstić information content (AvgIpc) is 2.60. The summed E-state index contributed by atoms with van der Waals surface area (Å²) in [7, 11) is -2.39. The van der Waals surface area contributed by atoms with E-state index in [2.05, 4.69) is 5.32 Å². The molecule has 2 aliphatic rings. The van der Waals surface area contributed by atoms with E-state index >= 15 is 0 Å². The maximum Gasteiger partial charge on any atom is 0.262 e. The minimum Gasteiger partial charge on any atom is -0.495 e. The molecule has 0 spiro atoms. The van der Waals surface area contributed by atoms with Crippen molar-refractivity contribution in [2.45, 2.75) is 30.2 Å². The van der Waals surface area contributed by atoms with Crippen LogP contribution in [0.2, 0.25) is 0 Å². The second-order valence-corrected chi connectivity index (χ2v) is 7.70. The Morgan fingerprint density at radius 1 is 1.40 bits per heavy atom. The maximum absolute atomic E-state index is 13.1. The molecule has 2 aliphatic heterocycles. The summed E-state index contributed by atoms with van der Waals surface area (Å²) in [5.74, 6) is 0.190. The largest absolute Gasteiger partial charge is 0.495 e. The van der Waals surface area contributed by atoms with E-state index in [1.165, 1.54) is 23.5 Å². The molecule has 0 aliphatic carbocycles. The number of piperidine rings is 1. The number of carbonyl (C=O) groups is 1. The van der Waals surface area contributed by atoms with Gasteiger partial charge in [-0.05, 0) is 12.8 Å². The van der Waals surface area contributed by atoms with Gasteiger partial charge in [0.2, 0.25) is 10.0 Å². The van der Waals surface area contributed by atoms with Crippen LogP contribution >= 0.6 is 12.4 Å². The predicted octanol–water partition coefficient (Wildman–Crippen LogP) is 0.950. The second-order valence-electron chi connectivity index (χ2n) is 5.84. The van der Waals surface area contributed by atoms with Crippen LogP contribution in [0, 0.1) is 0 Å². The third-order valence-corrected chi connectivity index (χ3v) is 6.30. The first-order valence-corrected chi connectivity index (χ1v) is 9.28. The molecule has 1 amide bonds. The first-order chi connectivity index (χ1) is 11.5. The molecule has 1 unspecified atom stereocenters. The van der Waals surface area contributed by atoms with Gasteiger partial charge in [0, 0.05) is 31.3 Å². The number of hydrogen-bond acceptors (Lipinski definition) is 6.